The van der Waals surface area contributed by atoms with Crippen molar-refractivity contribution in [2.75, 3.05) is 20.3 Å². The number of halogens is 1. The fourth-order valence-corrected chi connectivity index (χ4v) is 5.19. The number of benzene rings is 2. The highest BCUT2D eigenvalue weighted by atomic mass is 19.1. The summed E-state index contributed by atoms with van der Waals surface area (Å²) in [5.74, 6) is 0.0747. The van der Waals surface area contributed by atoms with Crippen LogP contribution in [0.4, 0.5) is 4.39 Å². The lowest BCUT2D eigenvalue weighted by Gasteiger charge is -2.28. The van der Waals surface area contributed by atoms with E-state index in [0.717, 1.165) is 61.9 Å². The molecule has 0 atom stereocenters. The van der Waals surface area contributed by atoms with Gasteiger partial charge in [0, 0.05) is 29.4 Å². The Bertz CT molecular complexity index is 1150. The van der Waals surface area contributed by atoms with Crippen molar-refractivity contribution in [1.29, 1.82) is 0 Å². The quantitative estimate of drug-likeness (QED) is 0.342. The molecule has 36 heavy (non-hydrogen) atoms. The highest BCUT2D eigenvalue weighted by molar-refractivity contribution is 5.83. The number of ether oxygens (including phenoxy) is 2. The van der Waals surface area contributed by atoms with Gasteiger partial charge in [0.2, 0.25) is 0 Å². The molecule has 1 aliphatic carbocycles. The van der Waals surface area contributed by atoms with Crippen molar-refractivity contribution in [1.82, 2.24) is 9.78 Å². The van der Waals surface area contributed by atoms with Crippen molar-refractivity contribution in [2.24, 2.45) is 11.8 Å². The van der Waals surface area contributed by atoms with E-state index >= 15 is 4.39 Å². The van der Waals surface area contributed by atoms with Gasteiger partial charge in [-0.1, -0.05) is 43.7 Å². The number of hydrogen-bond donors (Lipinski definition) is 1. The van der Waals surface area contributed by atoms with E-state index in [2.05, 4.69) is 23.7 Å². The Balaban J connectivity index is 1.62. The lowest BCUT2D eigenvalue weighted by atomic mass is 9.82. The van der Waals surface area contributed by atoms with Gasteiger partial charge in [-0.05, 0) is 61.6 Å². The fourth-order valence-electron chi connectivity index (χ4n) is 5.19. The predicted octanol–water partition coefficient (Wildman–Crippen LogP) is 6.22. The molecule has 0 saturated heterocycles. The second-order valence-corrected chi connectivity index (χ2v) is 9.61. The number of carboxylic acid groups (broad SMARTS) is 1. The largest absolute Gasteiger partial charge is 0.497 e. The smallest absolute Gasteiger partial charge is 0.329 e. The van der Waals surface area contributed by atoms with Crippen molar-refractivity contribution in [3.05, 3.63) is 60.0 Å². The van der Waals surface area contributed by atoms with E-state index in [9.17, 15) is 4.79 Å². The van der Waals surface area contributed by atoms with Crippen LogP contribution in [0.25, 0.3) is 22.4 Å². The van der Waals surface area contributed by atoms with Crippen LogP contribution in [-0.2, 0) is 22.5 Å². The number of methoxy groups -OCH3 is 1. The van der Waals surface area contributed by atoms with Crippen LogP contribution in [0.15, 0.2) is 48.5 Å². The first-order valence-corrected chi connectivity index (χ1v) is 12.8. The molecule has 0 radical (unpaired) electrons. The highest BCUT2D eigenvalue weighted by Crippen LogP contribution is 2.38. The zero-order valence-corrected chi connectivity index (χ0v) is 21.1. The van der Waals surface area contributed by atoms with Gasteiger partial charge in [-0.2, -0.15) is 5.10 Å². The molecule has 192 valence electrons. The summed E-state index contributed by atoms with van der Waals surface area (Å²) < 4.78 is 27.9. The maximum atomic E-state index is 15.2. The van der Waals surface area contributed by atoms with E-state index in [1.807, 2.05) is 18.2 Å². The predicted molar refractivity (Wildman–Crippen MR) is 138 cm³/mol. The second-order valence-electron chi connectivity index (χ2n) is 9.61. The summed E-state index contributed by atoms with van der Waals surface area (Å²) in [6, 6.07) is 15.1. The van der Waals surface area contributed by atoms with E-state index in [0.29, 0.717) is 35.4 Å². The summed E-state index contributed by atoms with van der Waals surface area (Å²) >= 11 is 0. The van der Waals surface area contributed by atoms with E-state index in [1.54, 1.807) is 12.1 Å². The van der Waals surface area contributed by atoms with Crippen LogP contribution in [0.3, 0.4) is 0 Å². The van der Waals surface area contributed by atoms with Crippen molar-refractivity contribution < 1.29 is 23.8 Å². The first-order chi connectivity index (χ1) is 17.5. The minimum Gasteiger partial charge on any atom is -0.497 e. The molecule has 0 spiro atoms. The summed E-state index contributed by atoms with van der Waals surface area (Å²) in [5.41, 5.74) is 4.32. The third kappa shape index (κ3) is 6.13. The third-order valence-corrected chi connectivity index (χ3v) is 7.01. The number of carboxylic acids is 1. The maximum absolute atomic E-state index is 15.2. The zero-order valence-electron chi connectivity index (χ0n) is 21.1. The second kappa shape index (κ2) is 12.2. The summed E-state index contributed by atoms with van der Waals surface area (Å²) in [5, 5.41) is 13.8. The van der Waals surface area contributed by atoms with Crippen LogP contribution in [0.2, 0.25) is 0 Å². The Morgan fingerprint density at radius 2 is 1.83 bits per heavy atom. The average molecular weight is 495 g/mol. The van der Waals surface area contributed by atoms with Gasteiger partial charge in [0.15, 0.2) is 0 Å². The molecule has 7 heteroatoms. The molecule has 1 aromatic heterocycles. The molecule has 0 unspecified atom stereocenters. The monoisotopic (exact) mass is 494 g/mol. The maximum Gasteiger partial charge on any atom is 0.329 e. The van der Waals surface area contributed by atoms with Crippen LogP contribution in [-0.4, -0.2) is 41.2 Å². The van der Waals surface area contributed by atoms with Crippen molar-refractivity contribution in [2.45, 2.75) is 52.0 Å². The van der Waals surface area contributed by atoms with Gasteiger partial charge in [-0.15, -0.1) is 0 Å². The van der Waals surface area contributed by atoms with Crippen molar-refractivity contribution in [3.63, 3.8) is 0 Å². The zero-order chi connectivity index (χ0) is 25.5. The van der Waals surface area contributed by atoms with Gasteiger partial charge >= 0.3 is 5.97 Å². The van der Waals surface area contributed by atoms with Crippen LogP contribution in [0.1, 0.15) is 44.7 Å². The molecule has 3 aromatic rings. The first kappa shape index (κ1) is 25.9. The van der Waals surface area contributed by atoms with Crippen LogP contribution < -0.4 is 4.74 Å². The number of aliphatic carboxylic acids is 1. The van der Waals surface area contributed by atoms with Gasteiger partial charge in [0.05, 0.1) is 13.7 Å². The highest BCUT2D eigenvalue weighted by Gasteiger charge is 2.26. The van der Waals surface area contributed by atoms with Gasteiger partial charge in [0.1, 0.15) is 23.9 Å². The molecule has 4 rings (SSSR count). The summed E-state index contributed by atoms with van der Waals surface area (Å²) in [7, 11) is 1.53. The molecular weight excluding hydrogens is 459 g/mol. The molecule has 1 N–H and O–H groups in total. The number of carbonyl (C=O) groups is 1. The molecule has 6 nitrogen and oxygen atoms in total. The van der Waals surface area contributed by atoms with Gasteiger partial charge in [0.25, 0.3) is 0 Å². The fraction of sp³-hybridized carbons (Fsp3) is 0.448. The summed E-state index contributed by atoms with van der Waals surface area (Å²) in [6.07, 6.45) is 5.93. The van der Waals surface area contributed by atoms with E-state index in [4.69, 9.17) is 19.7 Å². The topological polar surface area (TPSA) is 73.6 Å². The van der Waals surface area contributed by atoms with E-state index in [-0.39, 0.29) is 12.4 Å². The van der Waals surface area contributed by atoms with Gasteiger partial charge in [-0.3, -0.25) is 4.68 Å². The van der Waals surface area contributed by atoms with Gasteiger partial charge in [-0.25, -0.2) is 9.18 Å². The normalized spacial score (nSPS) is 17.8. The van der Waals surface area contributed by atoms with Crippen molar-refractivity contribution in [3.8, 4) is 28.1 Å². The van der Waals surface area contributed by atoms with Crippen LogP contribution >= 0.6 is 0 Å². The SMILES string of the molecule is CCCc1c(-c2ccccc2)c(-c2ccc(OC)cc2F)nn1C[C@H]1CC[C@H](COCC(=O)O)CC1. The molecule has 1 fully saturated rings. The molecular formula is C29H35FN2O4. The number of aromatic nitrogens is 2. The minimum atomic E-state index is -0.927. The molecule has 2 aromatic carbocycles. The Morgan fingerprint density at radius 3 is 2.47 bits per heavy atom. The molecule has 1 saturated carbocycles. The van der Waals surface area contributed by atoms with Crippen LogP contribution in [0.5, 0.6) is 5.75 Å². The first-order valence-electron chi connectivity index (χ1n) is 12.8. The Hall–Kier alpha value is -3.19. The molecule has 0 amide bonds. The van der Waals surface area contributed by atoms with Crippen LogP contribution in [0, 0.1) is 17.7 Å². The summed E-state index contributed by atoms with van der Waals surface area (Å²) in [6.45, 7) is 3.21. The third-order valence-electron chi connectivity index (χ3n) is 7.01. The summed E-state index contributed by atoms with van der Waals surface area (Å²) in [4.78, 5) is 10.7. The van der Waals surface area contributed by atoms with E-state index in [1.165, 1.54) is 13.2 Å². The molecule has 0 aliphatic heterocycles. The van der Waals surface area contributed by atoms with Gasteiger partial charge < -0.3 is 14.6 Å². The molecule has 1 heterocycles. The lowest BCUT2D eigenvalue weighted by molar-refractivity contribution is -0.142. The minimum absolute atomic E-state index is 0.236. The Labute approximate surface area is 212 Å². The molecule has 1 aliphatic rings. The Morgan fingerprint density at radius 1 is 1.11 bits per heavy atom. The lowest BCUT2D eigenvalue weighted by Crippen LogP contribution is -2.23. The molecule has 0 bridgehead atoms. The van der Waals surface area contributed by atoms with E-state index < -0.39 is 5.97 Å². The Kier molecular flexibility index (Phi) is 8.75. The standard InChI is InChI=1S/C29H35FN2O4/c1-3-7-26-28(22-8-5-4-6-9-22)29(24-15-14-23(35-2)16-25(24)30)31-32(26)17-20-10-12-21(13-11-20)18-36-19-27(33)34/h4-6,8-9,14-16,20-21H,3,7,10-13,17-19H2,1-2H3,(H,33,34)/t20-,21-. The average Bonchev–Trinajstić information content (AvgIpc) is 3.22. The van der Waals surface area contributed by atoms with Crippen molar-refractivity contribution >= 4 is 5.97 Å². The number of nitrogens with zero attached hydrogens (tertiary/aromatic N) is 2. The number of rotatable bonds is 11. The number of hydrogen-bond acceptors (Lipinski definition) is 4.